The summed E-state index contributed by atoms with van der Waals surface area (Å²) in [5, 5.41) is 5.39. The maximum atomic E-state index is 13.7. The summed E-state index contributed by atoms with van der Waals surface area (Å²) in [7, 11) is 0. The largest absolute Gasteiger partial charge is 0.341 e. The van der Waals surface area contributed by atoms with Crippen LogP contribution in [0.4, 0.5) is 5.69 Å². The Hall–Kier alpha value is -4.38. The summed E-state index contributed by atoms with van der Waals surface area (Å²) in [4.78, 5) is 28.9. The van der Waals surface area contributed by atoms with Gasteiger partial charge in [-0.3, -0.25) is 9.59 Å². The number of fused-ring (bicyclic) bond motifs is 4. The Labute approximate surface area is 210 Å². The van der Waals surface area contributed by atoms with Crippen LogP contribution in [0.5, 0.6) is 0 Å². The molecule has 6 rings (SSSR count). The monoisotopic (exact) mass is 473 g/mol. The van der Waals surface area contributed by atoms with Gasteiger partial charge in [-0.1, -0.05) is 60.7 Å². The van der Waals surface area contributed by atoms with Crippen LogP contribution in [0.15, 0.2) is 97.1 Å². The van der Waals surface area contributed by atoms with Crippen LogP contribution in [0.25, 0.3) is 21.8 Å². The second-order valence-corrected chi connectivity index (χ2v) is 9.27. The number of benzene rings is 4. The number of amides is 2. The fourth-order valence-electron chi connectivity index (χ4n) is 5.41. The van der Waals surface area contributed by atoms with Gasteiger partial charge in [-0.2, -0.15) is 0 Å². The highest BCUT2D eigenvalue weighted by molar-refractivity contribution is 6.10. The van der Waals surface area contributed by atoms with E-state index in [4.69, 9.17) is 0 Å². The molecule has 0 saturated carbocycles. The second-order valence-electron chi connectivity index (χ2n) is 9.27. The first kappa shape index (κ1) is 22.1. The van der Waals surface area contributed by atoms with Gasteiger partial charge in [-0.05, 0) is 54.4 Å². The molecular formula is C31H27N3O2. The zero-order valence-corrected chi connectivity index (χ0v) is 20.1. The van der Waals surface area contributed by atoms with Crippen molar-refractivity contribution in [3.8, 4) is 0 Å². The Kier molecular flexibility index (Phi) is 5.53. The molecule has 1 N–H and O–H groups in total. The quantitative estimate of drug-likeness (QED) is 0.347. The zero-order chi connectivity index (χ0) is 24.6. The van der Waals surface area contributed by atoms with Gasteiger partial charge in [0, 0.05) is 52.6 Å². The van der Waals surface area contributed by atoms with E-state index in [1.165, 1.54) is 5.52 Å². The summed E-state index contributed by atoms with van der Waals surface area (Å²) in [5.41, 5.74) is 5.84. The lowest BCUT2D eigenvalue weighted by molar-refractivity contribution is -0.121. The molecule has 1 aliphatic rings. The van der Waals surface area contributed by atoms with E-state index in [1.54, 1.807) is 17.0 Å². The van der Waals surface area contributed by atoms with Gasteiger partial charge in [0.25, 0.3) is 5.91 Å². The molecule has 0 radical (unpaired) electrons. The smallest absolute Gasteiger partial charge is 0.254 e. The van der Waals surface area contributed by atoms with Crippen LogP contribution in [0.1, 0.15) is 28.4 Å². The lowest BCUT2D eigenvalue weighted by Crippen LogP contribution is -2.50. The first-order valence-electron chi connectivity index (χ1n) is 12.4. The van der Waals surface area contributed by atoms with Crippen LogP contribution in [0, 0.1) is 0 Å². The molecule has 5 nitrogen and oxygen atoms in total. The number of rotatable bonds is 4. The number of carbonyl (C=O) groups excluding carboxylic acids is 2. The molecule has 1 atom stereocenters. The summed E-state index contributed by atoms with van der Waals surface area (Å²) in [6, 6.07) is 31.0. The molecule has 178 valence electrons. The fraction of sp³-hybridized carbons (Fsp3) is 0.161. The van der Waals surface area contributed by atoms with Crippen molar-refractivity contribution >= 4 is 39.3 Å². The molecule has 0 saturated heterocycles. The van der Waals surface area contributed by atoms with Gasteiger partial charge >= 0.3 is 0 Å². The summed E-state index contributed by atoms with van der Waals surface area (Å²) >= 11 is 0. The Balaban J connectivity index is 1.35. The molecule has 0 unspecified atom stereocenters. The van der Waals surface area contributed by atoms with E-state index in [0.29, 0.717) is 18.5 Å². The van der Waals surface area contributed by atoms with Gasteiger partial charge in [-0.15, -0.1) is 0 Å². The Morgan fingerprint density at radius 1 is 0.806 bits per heavy atom. The number of aromatic nitrogens is 1. The molecular weight excluding hydrogens is 446 g/mol. The molecule has 36 heavy (non-hydrogen) atoms. The van der Waals surface area contributed by atoms with Crippen molar-refractivity contribution in [1.82, 2.24) is 9.47 Å². The van der Waals surface area contributed by atoms with Gasteiger partial charge in [-0.25, -0.2) is 0 Å². The first-order chi connectivity index (χ1) is 17.6. The molecule has 0 aliphatic carbocycles. The minimum Gasteiger partial charge on any atom is -0.341 e. The molecule has 5 heteroatoms. The van der Waals surface area contributed by atoms with Crippen LogP contribution < -0.4 is 5.32 Å². The number of para-hydroxylation sites is 1. The maximum absolute atomic E-state index is 13.7. The third-order valence-electron chi connectivity index (χ3n) is 7.19. The zero-order valence-electron chi connectivity index (χ0n) is 20.1. The molecule has 0 bridgehead atoms. The topological polar surface area (TPSA) is 54.3 Å². The van der Waals surface area contributed by atoms with Gasteiger partial charge in [0.05, 0.1) is 0 Å². The van der Waals surface area contributed by atoms with E-state index in [9.17, 15) is 9.59 Å². The normalized spacial score (nSPS) is 15.1. The number of hydrogen-bond acceptors (Lipinski definition) is 2. The Bertz CT molecular complexity index is 1600. The highest BCUT2D eigenvalue weighted by atomic mass is 16.2. The second kappa shape index (κ2) is 9.00. The van der Waals surface area contributed by atoms with Crippen molar-refractivity contribution < 1.29 is 9.59 Å². The predicted molar refractivity (Wildman–Crippen MR) is 144 cm³/mol. The van der Waals surface area contributed by atoms with Crippen LogP contribution in [0.3, 0.4) is 0 Å². The van der Waals surface area contributed by atoms with E-state index < -0.39 is 6.04 Å². The molecule has 4 aromatic carbocycles. The molecule has 5 aromatic rings. The van der Waals surface area contributed by atoms with Crippen LogP contribution in [-0.4, -0.2) is 27.3 Å². The van der Waals surface area contributed by atoms with Crippen LogP contribution in [-0.2, 0) is 24.3 Å². The number of nitrogens with one attached hydrogen (secondary N) is 1. The minimum atomic E-state index is -0.597. The summed E-state index contributed by atoms with van der Waals surface area (Å²) < 4.78 is 2.29. The maximum Gasteiger partial charge on any atom is 0.254 e. The van der Waals surface area contributed by atoms with Crippen molar-refractivity contribution in [2.75, 3.05) is 5.32 Å². The molecule has 2 heterocycles. The molecule has 0 fully saturated rings. The molecule has 1 aromatic heterocycles. The number of anilines is 1. The van der Waals surface area contributed by atoms with E-state index in [0.717, 1.165) is 39.6 Å². The van der Waals surface area contributed by atoms with E-state index >= 15 is 0 Å². The van der Waals surface area contributed by atoms with Crippen molar-refractivity contribution in [1.29, 1.82) is 0 Å². The van der Waals surface area contributed by atoms with Gasteiger partial charge in [0.1, 0.15) is 6.04 Å². The van der Waals surface area contributed by atoms with Crippen molar-refractivity contribution in [3.05, 3.63) is 114 Å². The Morgan fingerprint density at radius 2 is 1.50 bits per heavy atom. The summed E-state index contributed by atoms with van der Waals surface area (Å²) in [5.74, 6) is -0.306. The third-order valence-corrected chi connectivity index (χ3v) is 7.19. The van der Waals surface area contributed by atoms with E-state index in [2.05, 4.69) is 41.1 Å². The average Bonchev–Trinajstić information content (AvgIpc) is 3.25. The third kappa shape index (κ3) is 3.73. The van der Waals surface area contributed by atoms with Crippen LogP contribution >= 0.6 is 0 Å². The first-order valence-corrected chi connectivity index (χ1v) is 12.4. The molecule has 2 amide bonds. The van der Waals surface area contributed by atoms with Crippen LogP contribution in [0.2, 0.25) is 0 Å². The SMILES string of the molecule is CCn1c2ccccc2c2cc(NC(=O)[C@H]3Cc4ccccc4CN3C(=O)c3ccccc3)ccc21. The standard InChI is InChI=1S/C31H27N3O2/c1-2-33-27-15-9-8-14-25(27)26-19-24(16-17-28(26)33)32-30(35)29-18-22-12-6-7-13-23(22)20-34(29)31(36)21-10-4-3-5-11-21/h3-17,19,29H,2,18,20H2,1H3,(H,32,35)/t29-/m1/s1. The van der Waals surface area contributed by atoms with Gasteiger partial charge in [0.15, 0.2) is 0 Å². The number of hydrogen-bond donors (Lipinski definition) is 1. The minimum absolute atomic E-state index is 0.133. The number of carbonyl (C=O) groups is 2. The summed E-state index contributed by atoms with van der Waals surface area (Å²) in [6.45, 7) is 3.42. The van der Waals surface area contributed by atoms with E-state index in [-0.39, 0.29) is 11.8 Å². The Morgan fingerprint density at radius 3 is 2.31 bits per heavy atom. The highest BCUT2D eigenvalue weighted by Crippen LogP contribution is 2.32. The van der Waals surface area contributed by atoms with Crippen molar-refractivity contribution in [2.45, 2.75) is 32.5 Å². The van der Waals surface area contributed by atoms with Crippen molar-refractivity contribution in [3.63, 3.8) is 0 Å². The fourth-order valence-corrected chi connectivity index (χ4v) is 5.41. The lowest BCUT2D eigenvalue weighted by atomic mass is 9.92. The highest BCUT2D eigenvalue weighted by Gasteiger charge is 2.35. The predicted octanol–water partition coefficient (Wildman–Crippen LogP) is 6.02. The molecule has 1 aliphatic heterocycles. The van der Waals surface area contributed by atoms with Gasteiger partial charge in [0.2, 0.25) is 5.91 Å². The van der Waals surface area contributed by atoms with Crippen molar-refractivity contribution in [2.24, 2.45) is 0 Å². The molecule has 0 spiro atoms. The lowest BCUT2D eigenvalue weighted by Gasteiger charge is -2.36. The average molecular weight is 474 g/mol. The van der Waals surface area contributed by atoms with Gasteiger partial charge < -0.3 is 14.8 Å². The number of aryl methyl sites for hydroxylation is 1. The summed E-state index contributed by atoms with van der Waals surface area (Å²) in [6.07, 6.45) is 0.484. The van der Waals surface area contributed by atoms with E-state index in [1.807, 2.05) is 60.7 Å². The number of nitrogens with zero attached hydrogens (tertiary/aromatic N) is 2.